The van der Waals surface area contributed by atoms with Gasteiger partial charge in [0.05, 0.1) is 16.6 Å². The van der Waals surface area contributed by atoms with Gasteiger partial charge in [-0.1, -0.05) is 47.5 Å². The Bertz CT molecular complexity index is 1010. The fourth-order valence-corrected chi connectivity index (χ4v) is 3.07. The zero-order valence-corrected chi connectivity index (χ0v) is 14.7. The van der Waals surface area contributed by atoms with Crippen LogP contribution < -0.4 is 4.74 Å². The van der Waals surface area contributed by atoms with Crippen LogP contribution in [0.2, 0.25) is 10.0 Å². The number of aromatic nitrogens is 2. The van der Waals surface area contributed by atoms with E-state index in [0.29, 0.717) is 22.4 Å². The van der Waals surface area contributed by atoms with E-state index in [1.165, 1.54) is 0 Å². The molecule has 1 aromatic heterocycles. The lowest BCUT2D eigenvalue weighted by Crippen LogP contribution is -1.97. The molecule has 0 spiro atoms. The Morgan fingerprint density at radius 3 is 2.56 bits per heavy atom. The van der Waals surface area contributed by atoms with Crippen LogP contribution >= 0.6 is 23.2 Å². The largest absolute Gasteiger partial charge is 0.488 e. The first kappa shape index (κ1) is 16.0. The fourth-order valence-electron chi connectivity index (χ4n) is 2.68. The number of fused-ring (bicyclic) bond motifs is 1. The Balaban J connectivity index is 1.68. The van der Waals surface area contributed by atoms with Crippen molar-refractivity contribution in [1.82, 2.24) is 9.97 Å². The number of rotatable bonds is 4. The van der Waals surface area contributed by atoms with Gasteiger partial charge in [-0.25, -0.2) is 4.98 Å². The van der Waals surface area contributed by atoms with Crippen LogP contribution in [0.25, 0.3) is 22.4 Å². The third-order valence-corrected chi connectivity index (χ3v) is 4.34. The van der Waals surface area contributed by atoms with Gasteiger partial charge in [0.15, 0.2) is 0 Å². The van der Waals surface area contributed by atoms with Crippen LogP contribution in [0.4, 0.5) is 0 Å². The highest BCUT2D eigenvalue weighted by atomic mass is 35.5. The molecular formula is C20H14Cl2N2O. The molecule has 0 saturated carbocycles. The fraction of sp³-hybridized carbons (Fsp3) is 0.0500. The molecule has 124 valence electrons. The summed E-state index contributed by atoms with van der Waals surface area (Å²) in [5.41, 5.74) is 3.69. The predicted octanol–water partition coefficient (Wildman–Crippen LogP) is 6.12. The van der Waals surface area contributed by atoms with E-state index in [0.717, 1.165) is 28.0 Å². The monoisotopic (exact) mass is 368 g/mol. The zero-order chi connectivity index (χ0) is 17.2. The van der Waals surface area contributed by atoms with Crippen molar-refractivity contribution in [2.24, 2.45) is 0 Å². The number of halogens is 2. The highest BCUT2D eigenvalue weighted by Crippen LogP contribution is 2.32. The summed E-state index contributed by atoms with van der Waals surface area (Å²) in [6.45, 7) is 0.412. The summed E-state index contributed by atoms with van der Waals surface area (Å²) in [5.74, 6) is 1.44. The van der Waals surface area contributed by atoms with E-state index in [-0.39, 0.29) is 0 Å². The molecule has 0 radical (unpaired) electrons. The van der Waals surface area contributed by atoms with Crippen molar-refractivity contribution in [1.29, 1.82) is 0 Å². The van der Waals surface area contributed by atoms with E-state index in [2.05, 4.69) is 9.97 Å². The van der Waals surface area contributed by atoms with Crippen molar-refractivity contribution in [2.45, 2.75) is 6.61 Å². The molecule has 0 amide bonds. The van der Waals surface area contributed by atoms with Crippen LogP contribution in [0, 0.1) is 0 Å². The molecule has 1 N–H and O–H groups in total. The molecule has 0 aliphatic rings. The molecule has 5 heteroatoms. The second kappa shape index (κ2) is 6.79. The summed E-state index contributed by atoms with van der Waals surface area (Å²) >= 11 is 12.2. The summed E-state index contributed by atoms with van der Waals surface area (Å²) in [6.07, 6.45) is 0. The summed E-state index contributed by atoms with van der Waals surface area (Å²) in [7, 11) is 0. The van der Waals surface area contributed by atoms with E-state index in [9.17, 15) is 0 Å². The number of aromatic amines is 1. The molecule has 0 saturated heterocycles. The number of benzene rings is 3. The molecule has 0 fully saturated rings. The molecule has 25 heavy (non-hydrogen) atoms. The first-order valence-corrected chi connectivity index (χ1v) is 8.56. The second-order valence-corrected chi connectivity index (χ2v) is 6.53. The van der Waals surface area contributed by atoms with Crippen molar-refractivity contribution in [3.05, 3.63) is 82.3 Å². The molecule has 4 aromatic rings. The van der Waals surface area contributed by atoms with Gasteiger partial charge in [-0.05, 0) is 48.0 Å². The van der Waals surface area contributed by atoms with Crippen molar-refractivity contribution in [3.8, 4) is 17.1 Å². The van der Waals surface area contributed by atoms with Crippen LogP contribution in [0.1, 0.15) is 5.56 Å². The molecular weight excluding hydrogens is 355 g/mol. The average molecular weight is 369 g/mol. The van der Waals surface area contributed by atoms with Gasteiger partial charge in [0.25, 0.3) is 0 Å². The summed E-state index contributed by atoms with van der Waals surface area (Å²) < 4.78 is 6.01. The lowest BCUT2D eigenvalue weighted by Gasteiger charge is -2.11. The van der Waals surface area contributed by atoms with Crippen LogP contribution in [0.5, 0.6) is 5.75 Å². The van der Waals surface area contributed by atoms with Crippen LogP contribution in [-0.4, -0.2) is 9.97 Å². The topological polar surface area (TPSA) is 37.9 Å². The molecule has 0 aliphatic carbocycles. The third kappa shape index (κ3) is 3.48. The first-order valence-electron chi connectivity index (χ1n) is 7.81. The minimum absolute atomic E-state index is 0.412. The minimum atomic E-state index is 0.412. The van der Waals surface area contributed by atoms with Gasteiger partial charge in [-0.2, -0.15) is 0 Å². The first-order chi connectivity index (χ1) is 12.2. The molecule has 0 aliphatic heterocycles. The number of hydrogen-bond donors (Lipinski definition) is 1. The average Bonchev–Trinajstić information content (AvgIpc) is 3.05. The molecule has 4 rings (SSSR count). The molecule has 0 atom stereocenters. The van der Waals surface area contributed by atoms with Gasteiger partial charge >= 0.3 is 0 Å². The third-order valence-electron chi connectivity index (χ3n) is 3.87. The minimum Gasteiger partial charge on any atom is -0.488 e. The maximum absolute atomic E-state index is 6.19. The normalized spacial score (nSPS) is 11.0. The zero-order valence-electron chi connectivity index (χ0n) is 13.2. The summed E-state index contributed by atoms with van der Waals surface area (Å²) in [6, 6.07) is 21.0. The van der Waals surface area contributed by atoms with Crippen molar-refractivity contribution < 1.29 is 4.74 Å². The van der Waals surface area contributed by atoms with Gasteiger partial charge in [-0.3, -0.25) is 0 Å². The maximum Gasteiger partial charge on any atom is 0.142 e. The van der Waals surface area contributed by atoms with Crippen LogP contribution in [-0.2, 0) is 6.61 Å². The van der Waals surface area contributed by atoms with Crippen LogP contribution in [0.15, 0.2) is 66.7 Å². The van der Waals surface area contributed by atoms with Crippen molar-refractivity contribution >= 4 is 34.2 Å². The number of imidazole rings is 1. The standard InChI is InChI=1S/C20H14Cl2N2O/c21-14-5-3-4-13(10-14)12-25-19-9-8-15(22)11-16(19)20-23-17-6-1-2-7-18(17)24-20/h1-11H,12H2,(H,23,24). The molecule has 0 bridgehead atoms. The number of nitrogens with one attached hydrogen (secondary N) is 1. The van der Waals surface area contributed by atoms with Gasteiger partial charge in [0, 0.05) is 10.0 Å². The predicted molar refractivity (Wildman–Crippen MR) is 102 cm³/mol. The summed E-state index contributed by atoms with van der Waals surface area (Å²) in [5, 5.41) is 1.32. The Morgan fingerprint density at radius 1 is 0.880 bits per heavy atom. The van der Waals surface area contributed by atoms with E-state index in [4.69, 9.17) is 27.9 Å². The van der Waals surface area contributed by atoms with Crippen molar-refractivity contribution in [2.75, 3.05) is 0 Å². The molecule has 1 heterocycles. The molecule has 3 aromatic carbocycles. The second-order valence-electron chi connectivity index (χ2n) is 5.66. The van der Waals surface area contributed by atoms with Gasteiger partial charge in [-0.15, -0.1) is 0 Å². The van der Waals surface area contributed by atoms with Gasteiger partial charge in [0.2, 0.25) is 0 Å². The van der Waals surface area contributed by atoms with E-state index in [1.54, 1.807) is 6.07 Å². The highest BCUT2D eigenvalue weighted by Gasteiger charge is 2.12. The number of nitrogens with zero attached hydrogens (tertiary/aromatic N) is 1. The number of para-hydroxylation sites is 2. The SMILES string of the molecule is Clc1cccc(COc2ccc(Cl)cc2-c2nc3ccccc3[nH]2)c1. The molecule has 0 unspecified atom stereocenters. The maximum atomic E-state index is 6.19. The lowest BCUT2D eigenvalue weighted by atomic mass is 10.2. The van der Waals surface area contributed by atoms with E-state index < -0.39 is 0 Å². The number of ether oxygens (including phenoxy) is 1. The highest BCUT2D eigenvalue weighted by molar-refractivity contribution is 6.31. The number of H-pyrrole nitrogens is 1. The Labute approximate surface area is 155 Å². The van der Waals surface area contributed by atoms with Crippen LogP contribution in [0.3, 0.4) is 0 Å². The van der Waals surface area contributed by atoms with E-state index in [1.807, 2.05) is 60.7 Å². The Morgan fingerprint density at radius 2 is 1.72 bits per heavy atom. The molecule has 3 nitrogen and oxygen atoms in total. The number of hydrogen-bond acceptors (Lipinski definition) is 2. The lowest BCUT2D eigenvalue weighted by molar-refractivity contribution is 0.307. The smallest absolute Gasteiger partial charge is 0.142 e. The van der Waals surface area contributed by atoms with Crippen molar-refractivity contribution in [3.63, 3.8) is 0 Å². The Hall–Kier alpha value is -2.49. The van der Waals surface area contributed by atoms with Gasteiger partial charge in [0.1, 0.15) is 18.2 Å². The van der Waals surface area contributed by atoms with Gasteiger partial charge < -0.3 is 9.72 Å². The Kier molecular flexibility index (Phi) is 4.35. The van der Waals surface area contributed by atoms with E-state index >= 15 is 0 Å². The quantitative estimate of drug-likeness (QED) is 0.471. The summed E-state index contributed by atoms with van der Waals surface area (Å²) in [4.78, 5) is 7.95.